The normalized spacial score (nSPS) is 10.4. The Balaban J connectivity index is 2.25. The minimum Gasteiger partial charge on any atom is -0.439 e. The molecule has 0 spiro atoms. The van der Waals surface area contributed by atoms with Gasteiger partial charge in [-0.1, -0.05) is 18.5 Å². The van der Waals surface area contributed by atoms with Gasteiger partial charge in [0.25, 0.3) is 0 Å². The minimum atomic E-state index is 0.583. The van der Waals surface area contributed by atoms with Crippen LogP contribution in [0.15, 0.2) is 34.8 Å². The van der Waals surface area contributed by atoms with Crippen LogP contribution < -0.4 is 4.74 Å². The monoisotopic (exact) mass is 325 g/mol. The van der Waals surface area contributed by atoms with Gasteiger partial charge in [0.2, 0.25) is 5.88 Å². The van der Waals surface area contributed by atoms with Gasteiger partial charge in [-0.05, 0) is 59.1 Å². The van der Waals surface area contributed by atoms with Crippen molar-refractivity contribution in [2.24, 2.45) is 0 Å². The molecule has 2 aromatic rings. The zero-order chi connectivity index (χ0) is 13.1. The lowest BCUT2D eigenvalue weighted by Crippen LogP contribution is -1.92. The number of nitrogens with zero attached hydrogens (tertiary/aromatic N) is 1. The fraction of sp³-hybridized carbons (Fsp3) is 0.214. The zero-order valence-corrected chi connectivity index (χ0v) is 12.5. The van der Waals surface area contributed by atoms with Crippen LogP contribution in [0, 0.1) is 6.92 Å². The molecule has 1 aromatic heterocycles. The molecule has 0 fully saturated rings. The predicted molar refractivity (Wildman–Crippen MR) is 77.6 cm³/mol. The van der Waals surface area contributed by atoms with Crippen molar-refractivity contribution in [3.8, 4) is 11.6 Å². The quantitative estimate of drug-likeness (QED) is 0.777. The number of aryl methyl sites for hydroxylation is 2. The van der Waals surface area contributed by atoms with Crippen molar-refractivity contribution in [3.63, 3.8) is 0 Å². The third-order valence-corrected chi connectivity index (χ3v) is 3.82. The molecule has 0 saturated heterocycles. The van der Waals surface area contributed by atoms with Gasteiger partial charge in [-0.25, -0.2) is 4.98 Å². The number of hydrogen-bond donors (Lipinski definition) is 0. The molecular formula is C14H13BrClNO. The fourth-order valence-corrected chi connectivity index (χ4v) is 2.06. The van der Waals surface area contributed by atoms with E-state index in [0.29, 0.717) is 5.88 Å². The smallest absolute Gasteiger partial charge is 0.219 e. The number of ether oxygens (including phenoxy) is 1. The van der Waals surface area contributed by atoms with Gasteiger partial charge in [0.15, 0.2) is 0 Å². The molecule has 0 aliphatic heterocycles. The van der Waals surface area contributed by atoms with E-state index in [4.69, 9.17) is 16.3 Å². The second-order valence-corrected chi connectivity index (χ2v) is 5.19. The molecule has 2 rings (SSSR count). The van der Waals surface area contributed by atoms with Crippen LogP contribution in [-0.4, -0.2) is 4.98 Å². The first-order chi connectivity index (χ1) is 8.60. The number of aromatic nitrogens is 1. The van der Waals surface area contributed by atoms with Gasteiger partial charge < -0.3 is 4.74 Å². The molecule has 0 unspecified atom stereocenters. The van der Waals surface area contributed by atoms with Gasteiger partial charge in [0.1, 0.15) is 5.75 Å². The Morgan fingerprint density at radius 3 is 2.72 bits per heavy atom. The summed E-state index contributed by atoms with van der Waals surface area (Å²) in [4.78, 5) is 4.34. The molecule has 2 nitrogen and oxygen atoms in total. The van der Waals surface area contributed by atoms with E-state index < -0.39 is 0 Å². The van der Waals surface area contributed by atoms with E-state index in [-0.39, 0.29) is 0 Å². The minimum absolute atomic E-state index is 0.583. The van der Waals surface area contributed by atoms with Crippen molar-refractivity contribution in [1.82, 2.24) is 4.98 Å². The van der Waals surface area contributed by atoms with E-state index >= 15 is 0 Å². The van der Waals surface area contributed by atoms with Crippen LogP contribution >= 0.6 is 27.5 Å². The molecule has 4 heteroatoms. The molecule has 0 saturated carbocycles. The zero-order valence-electron chi connectivity index (χ0n) is 10.2. The Bertz CT molecular complexity index is 572. The lowest BCUT2D eigenvalue weighted by Gasteiger charge is -2.08. The fourth-order valence-electron chi connectivity index (χ4n) is 1.58. The van der Waals surface area contributed by atoms with Gasteiger partial charge in [0.05, 0.1) is 5.69 Å². The maximum absolute atomic E-state index is 6.07. The Morgan fingerprint density at radius 1 is 1.28 bits per heavy atom. The molecule has 94 valence electrons. The lowest BCUT2D eigenvalue weighted by molar-refractivity contribution is 0.461. The number of halogens is 2. The van der Waals surface area contributed by atoms with Crippen molar-refractivity contribution in [2.75, 3.05) is 0 Å². The number of hydrogen-bond acceptors (Lipinski definition) is 2. The average Bonchev–Trinajstić information content (AvgIpc) is 2.36. The van der Waals surface area contributed by atoms with Crippen LogP contribution in [0.5, 0.6) is 11.6 Å². The summed E-state index contributed by atoms with van der Waals surface area (Å²) in [5.74, 6) is 1.34. The highest BCUT2D eigenvalue weighted by Gasteiger charge is 2.04. The summed E-state index contributed by atoms with van der Waals surface area (Å²) in [5, 5.41) is 0.768. The third-order valence-electron chi connectivity index (χ3n) is 2.62. The van der Waals surface area contributed by atoms with Crippen molar-refractivity contribution in [1.29, 1.82) is 0 Å². The summed E-state index contributed by atoms with van der Waals surface area (Å²) < 4.78 is 6.69. The molecule has 0 amide bonds. The standard InChI is InChI=1S/C14H13BrClNO/c1-3-10-8-11(4-6-13(10)16)18-14-7-5-12(15)9(2)17-14/h4-8H,3H2,1-2H3. The first-order valence-corrected chi connectivity index (χ1v) is 6.86. The number of rotatable bonds is 3. The molecule has 1 heterocycles. The second-order valence-electron chi connectivity index (χ2n) is 3.93. The highest BCUT2D eigenvalue weighted by Crippen LogP contribution is 2.27. The second kappa shape index (κ2) is 5.72. The first-order valence-electron chi connectivity index (χ1n) is 5.69. The van der Waals surface area contributed by atoms with E-state index in [9.17, 15) is 0 Å². The Labute approximate surface area is 120 Å². The maximum Gasteiger partial charge on any atom is 0.219 e. The van der Waals surface area contributed by atoms with E-state index in [2.05, 4.69) is 27.8 Å². The van der Waals surface area contributed by atoms with Gasteiger partial charge in [0, 0.05) is 15.6 Å². The van der Waals surface area contributed by atoms with Crippen LogP contribution in [0.3, 0.4) is 0 Å². The molecular weight excluding hydrogens is 314 g/mol. The lowest BCUT2D eigenvalue weighted by atomic mass is 10.1. The van der Waals surface area contributed by atoms with Crippen LogP contribution in [0.1, 0.15) is 18.2 Å². The largest absolute Gasteiger partial charge is 0.439 e. The molecule has 0 N–H and O–H groups in total. The Morgan fingerprint density at radius 2 is 2.06 bits per heavy atom. The van der Waals surface area contributed by atoms with Crippen molar-refractivity contribution in [3.05, 3.63) is 51.1 Å². The number of benzene rings is 1. The summed E-state index contributed by atoms with van der Waals surface area (Å²) >= 11 is 9.48. The van der Waals surface area contributed by atoms with E-state index in [0.717, 1.165) is 32.9 Å². The molecule has 0 atom stereocenters. The maximum atomic E-state index is 6.07. The predicted octanol–water partition coefficient (Wildman–Crippen LogP) is 5.16. The summed E-state index contributed by atoms with van der Waals surface area (Å²) in [6.07, 6.45) is 0.878. The van der Waals surface area contributed by atoms with Crippen molar-refractivity contribution in [2.45, 2.75) is 20.3 Å². The van der Waals surface area contributed by atoms with E-state index in [1.54, 1.807) is 0 Å². The first kappa shape index (κ1) is 13.4. The topological polar surface area (TPSA) is 22.1 Å². The number of pyridine rings is 1. The molecule has 18 heavy (non-hydrogen) atoms. The van der Waals surface area contributed by atoms with Crippen LogP contribution in [-0.2, 0) is 6.42 Å². The highest BCUT2D eigenvalue weighted by atomic mass is 79.9. The van der Waals surface area contributed by atoms with Crippen molar-refractivity contribution >= 4 is 27.5 Å². The molecule has 0 radical (unpaired) electrons. The van der Waals surface area contributed by atoms with Crippen LogP contribution in [0.2, 0.25) is 5.02 Å². The summed E-state index contributed by atoms with van der Waals surface area (Å²) in [6, 6.07) is 9.40. The molecule has 0 aliphatic rings. The van der Waals surface area contributed by atoms with Gasteiger partial charge >= 0.3 is 0 Å². The average molecular weight is 327 g/mol. The molecule has 0 aliphatic carbocycles. The highest BCUT2D eigenvalue weighted by molar-refractivity contribution is 9.10. The van der Waals surface area contributed by atoms with Crippen molar-refractivity contribution < 1.29 is 4.74 Å². The summed E-state index contributed by atoms with van der Waals surface area (Å²) in [7, 11) is 0. The molecule has 1 aromatic carbocycles. The molecule has 0 bridgehead atoms. The summed E-state index contributed by atoms with van der Waals surface area (Å²) in [6.45, 7) is 3.99. The Kier molecular flexibility index (Phi) is 4.25. The SMILES string of the molecule is CCc1cc(Oc2ccc(Br)c(C)n2)ccc1Cl. The Hall–Kier alpha value is -1.06. The van der Waals surface area contributed by atoms with Crippen LogP contribution in [0.4, 0.5) is 0 Å². The van der Waals surface area contributed by atoms with Gasteiger partial charge in [-0.15, -0.1) is 0 Å². The van der Waals surface area contributed by atoms with Crippen LogP contribution in [0.25, 0.3) is 0 Å². The summed E-state index contributed by atoms with van der Waals surface area (Å²) in [5.41, 5.74) is 1.97. The van der Waals surface area contributed by atoms with E-state index in [1.807, 2.05) is 37.3 Å². The third kappa shape index (κ3) is 3.03. The van der Waals surface area contributed by atoms with E-state index in [1.165, 1.54) is 0 Å². The van der Waals surface area contributed by atoms with Gasteiger partial charge in [-0.3, -0.25) is 0 Å². The van der Waals surface area contributed by atoms with Gasteiger partial charge in [-0.2, -0.15) is 0 Å².